The van der Waals surface area contributed by atoms with Crippen molar-refractivity contribution in [3.05, 3.63) is 17.5 Å². The summed E-state index contributed by atoms with van der Waals surface area (Å²) < 4.78 is 1.81. The summed E-state index contributed by atoms with van der Waals surface area (Å²) in [7, 11) is 0. The molecule has 2 rings (SSSR count). The Labute approximate surface area is 110 Å². The molecule has 2 heterocycles. The summed E-state index contributed by atoms with van der Waals surface area (Å²) in [6.45, 7) is 6.18. The fourth-order valence-electron chi connectivity index (χ4n) is 1.55. The van der Waals surface area contributed by atoms with Crippen molar-refractivity contribution in [2.75, 3.05) is 17.3 Å². The first-order valence-electron chi connectivity index (χ1n) is 5.62. The standard InChI is InChI=1S/C11H16N4S2/c1-4-16-5-6-17-11-13-10-12-8(2)7-9(3)15(10)14-11/h7H,4-6H2,1-3H3. The summed E-state index contributed by atoms with van der Waals surface area (Å²) in [5.41, 5.74) is 2.07. The van der Waals surface area contributed by atoms with Crippen LogP contribution in [0.2, 0.25) is 0 Å². The summed E-state index contributed by atoms with van der Waals surface area (Å²) >= 11 is 3.64. The molecule has 0 aromatic carbocycles. The Hall–Kier alpha value is -0.750. The van der Waals surface area contributed by atoms with Gasteiger partial charge in [-0.2, -0.15) is 16.7 Å². The number of aromatic nitrogens is 4. The van der Waals surface area contributed by atoms with Crippen molar-refractivity contribution in [3.8, 4) is 0 Å². The summed E-state index contributed by atoms with van der Waals surface area (Å²) in [4.78, 5) is 8.80. The number of hydrogen-bond acceptors (Lipinski definition) is 5. The minimum absolute atomic E-state index is 0.702. The molecule has 4 nitrogen and oxygen atoms in total. The number of thioether (sulfide) groups is 2. The molecule has 0 spiro atoms. The van der Waals surface area contributed by atoms with Crippen molar-refractivity contribution in [2.45, 2.75) is 25.9 Å². The molecule has 2 aromatic heterocycles. The van der Waals surface area contributed by atoms with Crippen LogP contribution < -0.4 is 0 Å². The maximum Gasteiger partial charge on any atom is 0.253 e. The van der Waals surface area contributed by atoms with Crippen LogP contribution in [0.25, 0.3) is 5.78 Å². The fourth-order valence-corrected chi connectivity index (χ4v) is 3.11. The van der Waals surface area contributed by atoms with Crippen LogP contribution in [0.4, 0.5) is 0 Å². The summed E-state index contributed by atoms with van der Waals surface area (Å²) in [5, 5.41) is 5.27. The zero-order valence-electron chi connectivity index (χ0n) is 10.3. The third kappa shape index (κ3) is 3.13. The van der Waals surface area contributed by atoms with Crippen molar-refractivity contribution in [3.63, 3.8) is 0 Å². The molecule has 0 fully saturated rings. The van der Waals surface area contributed by atoms with Gasteiger partial charge in [0, 0.05) is 22.9 Å². The van der Waals surface area contributed by atoms with E-state index in [0.717, 1.165) is 28.0 Å². The first-order valence-corrected chi connectivity index (χ1v) is 7.76. The van der Waals surface area contributed by atoms with Gasteiger partial charge in [0.25, 0.3) is 5.78 Å². The lowest BCUT2D eigenvalue weighted by molar-refractivity contribution is 0.843. The fraction of sp³-hybridized carbons (Fsp3) is 0.545. The van der Waals surface area contributed by atoms with Gasteiger partial charge in [-0.1, -0.05) is 18.7 Å². The van der Waals surface area contributed by atoms with E-state index in [0.29, 0.717) is 5.78 Å². The van der Waals surface area contributed by atoms with Gasteiger partial charge in [-0.05, 0) is 25.7 Å². The van der Waals surface area contributed by atoms with Gasteiger partial charge in [-0.3, -0.25) is 0 Å². The molecular formula is C11H16N4S2. The van der Waals surface area contributed by atoms with Crippen molar-refractivity contribution >= 4 is 29.3 Å². The second-order valence-electron chi connectivity index (χ2n) is 3.69. The molecule has 17 heavy (non-hydrogen) atoms. The van der Waals surface area contributed by atoms with E-state index < -0.39 is 0 Å². The highest BCUT2D eigenvalue weighted by molar-refractivity contribution is 8.02. The van der Waals surface area contributed by atoms with Crippen LogP contribution >= 0.6 is 23.5 Å². The molecule has 92 valence electrons. The van der Waals surface area contributed by atoms with Crippen molar-refractivity contribution in [2.24, 2.45) is 0 Å². The molecule has 0 radical (unpaired) electrons. The van der Waals surface area contributed by atoms with E-state index in [1.165, 1.54) is 5.75 Å². The topological polar surface area (TPSA) is 43.1 Å². The molecule has 0 aliphatic carbocycles. The summed E-state index contributed by atoms with van der Waals surface area (Å²) in [5.74, 6) is 4.06. The van der Waals surface area contributed by atoms with Crippen LogP contribution in [0, 0.1) is 13.8 Å². The van der Waals surface area contributed by atoms with Gasteiger partial charge in [0.05, 0.1) is 0 Å². The van der Waals surface area contributed by atoms with Crippen LogP contribution in [-0.4, -0.2) is 36.8 Å². The molecule has 0 saturated heterocycles. The lowest BCUT2D eigenvalue weighted by Gasteiger charge is -1.97. The first-order chi connectivity index (χ1) is 8.20. The average molecular weight is 268 g/mol. The first kappa shape index (κ1) is 12.7. The van der Waals surface area contributed by atoms with Crippen molar-refractivity contribution < 1.29 is 0 Å². The molecule has 0 unspecified atom stereocenters. The van der Waals surface area contributed by atoms with Gasteiger partial charge >= 0.3 is 0 Å². The second kappa shape index (κ2) is 5.73. The van der Waals surface area contributed by atoms with E-state index in [1.54, 1.807) is 11.8 Å². The zero-order valence-corrected chi connectivity index (χ0v) is 11.9. The second-order valence-corrected chi connectivity index (χ2v) is 6.15. The molecule has 0 saturated carbocycles. The lowest BCUT2D eigenvalue weighted by Crippen LogP contribution is -1.97. The zero-order chi connectivity index (χ0) is 12.3. The highest BCUT2D eigenvalue weighted by atomic mass is 32.2. The Balaban J connectivity index is 2.12. The molecule has 0 aliphatic heterocycles. The molecule has 0 bridgehead atoms. The van der Waals surface area contributed by atoms with Crippen LogP contribution in [0.1, 0.15) is 18.3 Å². The Morgan fingerprint density at radius 1 is 1.24 bits per heavy atom. The van der Waals surface area contributed by atoms with Gasteiger partial charge in [-0.15, -0.1) is 5.10 Å². The van der Waals surface area contributed by atoms with Gasteiger partial charge in [0.1, 0.15) is 0 Å². The maximum absolute atomic E-state index is 4.45. The number of fused-ring (bicyclic) bond motifs is 1. The molecule has 0 atom stereocenters. The average Bonchev–Trinajstić information content (AvgIpc) is 2.67. The third-order valence-corrected chi connectivity index (χ3v) is 4.26. The lowest BCUT2D eigenvalue weighted by atomic mass is 10.4. The maximum atomic E-state index is 4.45. The molecule has 0 aliphatic rings. The monoisotopic (exact) mass is 268 g/mol. The van der Waals surface area contributed by atoms with Gasteiger partial charge in [-0.25, -0.2) is 9.50 Å². The Kier molecular flexibility index (Phi) is 4.28. The van der Waals surface area contributed by atoms with Gasteiger partial charge < -0.3 is 0 Å². The number of rotatable bonds is 5. The quantitative estimate of drug-likeness (QED) is 0.616. The smallest absolute Gasteiger partial charge is 0.216 e. The summed E-state index contributed by atoms with van der Waals surface area (Å²) in [6.07, 6.45) is 0. The van der Waals surface area contributed by atoms with Crippen LogP contribution in [0.15, 0.2) is 11.2 Å². The van der Waals surface area contributed by atoms with Crippen LogP contribution in [-0.2, 0) is 0 Å². The highest BCUT2D eigenvalue weighted by Gasteiger charge is 2.07. The molecule has 2 aromatic rings. The largest absolute Gasteiger partial charge is 0.253 e. The third-order valence-electron chi connectivity index (χ3n) is 2.26. The molecule has 0 amide bonds. The van der Waals surface area contributed by atoms with Gasteiger partial charge in [0.15, 0.2) is 0 Å². The van der Waals surface area contributed by atoms with E-state index >= 15 is 0 Å². The van der Waals surface area contributed by atoms with Crippen molar-refractivity contribution in [1.82, 2.24) is 19.6 Å². The molecule has 0 N–H and O–H groups in total. The Morgan fingerprint density at radius 2 is 2.06 bits per heavy atom. The minimum atomic E-state index is 0.702. The normalized spacial score (nSPS) is 11.2. The SMILES string of the molecule is CCSCCSc1nc2nc(C)cc(C)n2n1. The van der Waals surface area contributed by atoms with E-state index in [1.807, 2.05) is 36.2 Å². The van der Waals surface area contributed by atoms with Crippen LogP contribution in [0.3, 0.4) is 0 Å². The van der Waals surface area contributed by atoms with E-state index in [2.05, 4.69) is 22.0 Å². The van der Waals surface area contributed by atoms with E-state index in [-0.39, 0.29) is 0 Å². The number of hydrogen-bond donors (Lipinski definition) is 0. The number of aryl methyl sites for hydroxylation is 2. The molecular weight excluding hydrogens is 252 g/mol. The van der Waals surface area contributed by atoms with Crippen LogP contribution in [0.5, 0.6) is 0 Å². The molecule has 6 heteroatoms. The summed E-state index contributed by atoms with van der Waals surface area (Å²) in [6, 6.07) is 2.02. The predicted molar refractivity (Wildman–Crippen MR) is 74.0 cm³/mol. The highest BCUT2D eigenvalue weighted by Crippen LogP contribution is 2.16. The Morgan fingerprint density at radius 3 is 2.82 bits per heavy atom. The number of nitrogens with zero attached hydrogens (tertiary/aromatic N) is 4. The van der Waals surface area contributed by atoms with E-state index in [9.17, 15) is 0 Å². The van der Waals surface area contributed by atoms with E-state index in [4.69, 9.17) is 0 Å². The Bertz CT molecular complexity index is 509. The van der Waals surface area contributed by atoms with Gasteiger partial charge in [0.2, 0.25) is 5.16 Å². The van der Waals surface area contributed by atoms with Crippen molar-refractivity contribution in [1.29, 1.82) is 0 Å². The minimum Gasteiger partial charge on any atom is -0.216 e. The predicted octanol–water partition coefficient (Wildman–Crippen LogP) is 2.59.